The normalized spacial score (nSPS) is 17.5. The van der Waals surface area contributed by atoms with Crippen molar-refractivity contribution in [2.75, 3.05) is 18.4 Å². The molecule has 0 radical (unpaired) electrons. The Morgan fingerprint density at radius 2 is 1.87 bits per heavy atom. The monoisotopic (exact) mass is 527 g/mol. The minimum Gasteiger partial charge on any atom is -0.371 e. The zero-order chi connectivity index (χ0) is 27.2. The molecule has 5 rings (SSSR count). The fourth-order valence-corrected chi connectivity index (χ4v) is 6.08. The van der Waals surface area contributed by atoms with Crippen LogP contribution in [0.2, 0.25) is 0 Å². The van der Waals surface area contributed by atoms with Crippen molar-refractivity contribution < 1.29 is 9.59 Å². The summed E-state index contributed by atoms with van der Waals surface area (Å²) >= 11 is 0. The summed E-state index contributed by atoms with van der Waals surface area (Å²) in [6.07, 6.45) is 10.2. The molecule has 2 N–H and O–H groups in total. The van der Waals surface area contributed by atoms with Gasteiger partial charge in [-0.05, 0) is 43.4 Å². The maximum atomic E-state index is 13.8. The number of nitriles is 1. The first-order valence-corrected chi connectivity index (χ1v) is 14.1. The number of amides is 2. The molecule has 1 saturated carbocycles. The number of fused-ring (bicyclic) bond motifs is 1. The Morgan fingerprint density at radius 3 is 2.56 bits per heavy atom. The third-order valence-corrected chi connectivity index (χ3v) is 8.39. The number of aromatic nitrogens is 3. The van der Waals surface area contributed by atoms with E-state index in [0.717, 1.165) is 35.4 Å². The minimum absolute atomic E-state index is 0.0315. The van der Waals surface area contributed by atoms with Crippen molar-refractivity contribution in [2.24, 2.45) is 5.92 Å². The number of para-hydroxylation sites is 1. The molecule has 3 aromatic rings. The Morgan fingerprint density at radius 1 is 1.13 bits per heavy atom. The quantitative estimate of drug-likeness (QED) is 0.449. The zero-order valence-electron chi connectivity index (χ0n) is 22.7. The lowest BCUT2D eigenvalue weighted by Gasteiger charge is -2.41. The van der Waals surface area contributed by atoms with Crippen LogP contribution < -0.4 is 10.6 Å². The molecule has 0 atom stereocenters. The summed E-state index contributed by atoms with van der Waals surface area (Å²) < 4.78 is 2.16. The number of aryl methyl sites for hydroxylation is 1. The summed E-state index contributed by atoms with van der Waals surface area (Å²) in [5, 5.41) is 16.9. The van der Waals surface area contributed by atoms with Gasteiger partial charge in [-0.3, -0.25) is 9.59 Å². The van der Waals surface area contributed by atoms with Crippen molar-refractivity contribution in [3.8, 4) is 6.07 Å². The van der Waals surface area contributed by atoms with Gasteiger partial charge in [0.15, 0.2) is 0 Å². The molecule has 204 valence electrons. The van der Waals surface area contributed by atoms with Gasteiger partial charge in [0, 0.05) is 49.5 Å². The predicted molar refractivity (Wildman–Crippen MR) is 150 cm³/mol. The summed E-state index contributed by atoms with van der Waals surface area (Å²) in [6.45, 7) is 3.76. The number of hydrogen-bond donors (Lipinski definition) is 2. The summed E-state index contributed by atoms with van der Waals surface area (Å²) in [5.41, 5.74) is 1.76. The van der Waals surface area contributed by atoms with Gasteiger partial charge in [0.05, 0.1) is 6.54 Å². The maximum absolute atomic E-state index is 13.8. The fourth-order valence-electron chi connectivity index (χ4n) is 6.08. The Labute approximate surface area is 229 Å². The molecule has 1 aliphatic carbocycles. The largest absolute Gasteiger partial charge is 0.371 e. The molecule has 2 amide bonds. The highest BCUT2D eigenvalue weighted by molar-refractivity contribution is 5.90. The van der Waals surface area contributed by atoms with Crippen LogP contribution in [-0.2, 0) is 22.7 Å². The number of carbonyl (C=O) groups is 2. The lowest BCUT2D eigenvalue weighted by molar-refractivity contribution is -0.134. The van der Waals surface area contributed by atoms with Gasteiger partial charge in [-0.15, -0.1) is 0 Å². The molecular weight excluding hydrogens is 490 g/mol. The molecular formula is C30H37N7O2. The van der Waals surface area contributed by atoms with Crippen LogP contribution in [0.15, 0.2) is 42.6 Å². The van der Waals surface area contributed by atoms with Gasteiger partial charge >= 0.3 is 0 Å². The number of rotatable bonds is 8. The first-order chi connectivity index (χ1) is 19.0. The molecule has 3 heterocycles. The SMILES string of the molecule is CC(=O)N1CCC(Nc2ccccc2)(C(=O)NCc2cc3cnc(C#N)nc3n2CCC2CCCCC2)CC1. The molecule has 0 spiro atoms. The van der Waals surface area contributed by atoms with Crippen LogP contribution in [0.25, 0.3) is 11.0 Å². The average Bonchev–Trinajstić information content (AvgIpc) is 3.32. The first-order valence-electron chi connectivity index (χ1n) is 14.1. The van der Waals surface area contributed by atoms with E-state index >= 15 is 0 Å². The molecule has 1 saturated heterocycles. The number of likely N-dealkylation sites (tertiary alicyclic amines) is 1. The van der Waals surface area contributed by atoms with E-state index in [2.05, 4.69) is 31.2 Å². The van der Waals surface area contributed by atoms with E-state index in [1.165, 1.54) is 32.1 Å². The molecule has 1 aromatic carbocycles. The standard InChI is InChI=1S/C30H37N7O2/c1-22(38)36-16-13-30(14-17-36,35-25-10-6-3-7-11-25)29(39)33-21-26-18-24-20-32-27(19-31)34-28(24)37(26)15-12-23-8-4-2-5-9-23/h3,6-7,10-11,18,20,23,35H,2,4-5,8-9,12-17,21H2,1H3,(H,33,39). The van der Waals surface area contributed by atoms with E-state index < -0.39 is 5.54 Å². The second-order valence-electron chi connectivity index (χ2n) is 10.9. The second kappa shape index (κ2) is 11.9. The summed E-state index contributed by atoms with van der Waals surface area (Å²) in [4.78, 5) is 36.3. The lowest BCUT2D eigenvalue weighted by Crippen LogP contribution is -2.58. The van der Waals surface area contributed by atoms with Gasteiger partial charge < -0.3 is 20.1 Å². The number of carbonyl (C=O) groups excluding carboxylic acids is 2. The second-order valence-corrected chi connectivity index (χ2v) is 10.9. The summed E-state index contributed by atoms with van der Waals surface area (Å²) in [6, 6.07) is 13.8. The fraction of sp³-hybridized carbons (Fsp3) is 0.500. The first kappa shape index (κ1) is 26.7. The van der Waals surface area contributed by atoms with Crippen LogP contribution in [0.4, 0.5) is 5.69 Å². The number of benzene rings is 1. The van der Waals surface area contributed by atoms with Crippen LogP contribution in [0, 0.1) is 17.2 Å². The van der Waals surface area contributed by atoms with Crippen molar-refractivity contribution in [3.05, 3.63) is 54.1 Å². The zero-order valence-corrected chi connectivity index (χ0v) is 22.7. The van der Waals surface area contributed by atoms with E-state index in [4.69, 9.17) is 0 Å². The Hall–Kier alpha value is -3.93. The molecule has 2 aliphatic rings. The third-order valence-electron chi connectivity index (χ3n) is 8.39. The van der Waals surface area contributed by atoms with E-state index in [1.807, 2.05) is 36.4 Å². The van der Waals surface area contributed by atoms with Crippen molar-refractivity contribution in [3.63, 3.8) is 0 Å². The topological polar surface area (TPSA) is 116 Å². The molecule has 0 bridgehead atoms. The van der Waals surface area contributed by atoms with Crippen molar-refractivity contribution >= 4 is 28.5 Å². The van der Waals surface area contributed by atoms with E-state index in [1.54, 1.807) is 18.0 Å². The van der Waals surface area contributed by atoms with E-state index in [0.29, 0.717) is 38.4 Å². The van der Waals surface area contributed by atoms with Gasteiger partial charge in [0.1, 0.15) is 17.3 Å². The number of anilines is 1. The Balaban J connectivity index is 1.37. The van der Waals surface area contributed by atoms with Crippen LogP contribution in [0.5, 0.6) is 0 Å². The van der Waals surface area contributed by atoms with Crippen molar-refractivity contribution in [2.45, 2.75) is 76.9 Å². The Bertz CT molecular complexity index is 1350. The highest BCUT2D eigenvalue weighted by Crippen LogP contribution is 2.30. The lowest BCUT2D eigenvalue weighted by atomic mass is 9.85. The number of nitrogens with one attached hydrogen (secondary N) is 2. The highest BCUT2D eigenvalue weighted by Gasteiger charge is 2.42. The van der Waals surface area contributed by atoms with Gasteiger partial charge in [-0.2, -0.15) is 5.26 Å². The molecule has 9 nitrogen and oxygen atoms in total. The smallest absolute Gasteiger partial charge is 0.246 e. The summed E-state index contributed by atoms with van der Waals surface area (Å²) in [5.74, 6) is 0.797. The van der Waals surface area contributed by atoms with Crippen LogP contribution in [0.1, 0.15) is 69.8 Å². The van der Waals surface area contributed by atoms with E-state index in [9.17, 15) is 14.9 Å². The number of nitrogens with zero attached hydrogens (tertiary/aromatic N) is 5. The van der Waals surface area contributed by atoms with Gasteiger partial charge in [-0.1, -0.05) is 50.3 Å². The van der Waals surface area contributed by atoms with Crippen molar-refractivity contribution in [1.29, 1.82) is 5.26 Å². The van der Waals surface area contributed by atoms with Crippen LogP contribution in [-0.4, -0.2) is 49.9 Å². The van der Waals surface area contributed by atoms with Gasteiger partial charge in [-0.25, -0.2) is 9.97 Å². The maximum Gasteiger partial charge on any atom is 0.246 e. The third kappa shape index (κ3) is 6.06. The van der Waals surface area contributed by atoms with Crippen LogP contribution in [0.3, 0.4) is 0 Å². The Kier molecular flexibility index (Phi) is 8.10. The molecule has 0 unspecified atom stereocenters. The number of hydrogen-bond acceptors (Lipinski definition) is 6. The van der Waals surface area contributed by atoms with E-state index in [-0.39, 0.29) is 17.6 Å². The molecule has 2 fully saturated rings. The molecule has 1 aliphatic heterocycles. The van der Waals surface area contributed by atoms with Crippen LogP contribution >= 0.6 is 0 Å². The summed E-state index contributed by atoms with van der Waals surface area (Å²) in [7, 11) is 0. The number of piperidine rings is 1. The average molecular weight is 528 g/mol. The molecule has 2 aromatic heterocycles. The van der Waals surface area contributed by atoms with Gasteiger partial charge in [0.25, 0.3) is 0 Å². The minimum atomic E-state index is -0.819. The molecule has 39 heavy (non-hydrogen) atoms. The highest BCUT2D eigenvalue weighted by atomic mass is 16.2. The predicted octanol–water partition coefficient (Wildman–Crippen LogP) is 4.38. The molecule has 9 heteroatoms. The van der Waals surface area contributed by atoms with Gasteiger partial charge in [0.2, 0.25) is 17.6 Å². The van der Waals surface area contributed by atoms with Crippen molar-refractivity contribution in [1.82, 2.24) is 24.8 Å².